The first-order valence-electron chi connectivity index (χ1n) is 6.07. The minimum atomic E-state index is -0.376. The second-order valence-electron chi connectivity index (χ2n) is 4.08. The molecule has 0 aliphatic rings. The zero-order valence-electron chi connectivity index (χ0n) is 11.4. The Bertz CT molecular complexity index is 705. The SMILES string of the molecule is CNC(=S)NNC(=O)c1ccncc1-c1cc(Cl)nc(Cl)c1. The first-order valence-corrected chi connectivity index (χ1v) is 7.23. The molecule has 114 valence electrons. The van der Waals surface area contributed by atoms with E-state index in [2.05, 4.69) is 26.1 Å². The van der Waals surface area contributed by atoms with Gasteiger partial charge in [0.2, 0.25) is 0 Å². The maximum atomic E-state index is 12.3. The number of hydrogen-bond donors (Lipinski definition) is 3. The number of amides is 1. The van der Waals surface area contributed by atoms with Gasteiger partial charge in [-0.25, -0.2) is 4.98 Å². The van der Waals surface area contributed by atoms with E-state index in [4.69, 9.17) is 35.4 Å². The van der Waals surface area contributed by atoms with E-state index in [0.29, 0.717) is 21.8 Å². The summed E-state index contributed by atoms with van der Waals surface area (Å²) in [5, 5.41) is 3.43. The van der Waals surface area contributed by atoms with Crippen LogP contribution in [-0.4, -0.2) is 28.0 Å². The molecule has 0 aliphatic carbocycles. The molecule has 2 rings (SSSR count). The van der Waals surface area contributed by atoms with E-state index in [9.17, 15) is 4.79 Å². The van der Waals surface area contributed by atoms with Crippen LogP contribution in [0.2, 0.25) is 10.3 Å². The number of nitrogens with zero attached hydrogens (tertiary/aromatic N) is 2. The number of thiocarbonyl (C=S) groups is 1. The third-order valence-electron chi connectivity index (χ3n) is 2.66. The normalized spacial score (nSPS) is 9.95. The predicted molar refractivity (Wildman–Crippen MR) is 89.7 cm³/mol. The van der Waals surface area contributed by atoms with Gasteiger partial charge in [-0.3, -0.25) is 20.6 Å². The summed E-state index contributed by atoms with van der Waals surface area (Å²) in [6.07, 6.45) is 3.06. The van der Waals surface area contributed by atoms with E-state index >= 15 is 0 Å². The maximum absolute atomic E-state index is 12.3. The van der Waals surface area contributed by atoms with E-state index < -0.39 is 0 Å². The van der Waals surface area contributed by atoms with Gasteiger partial charge in [0.15, 0.2) is 5.11 Å². The van der Waals surface area contributed by atoms with Crippen LogP contribution in [0.15, 0.2) is 30.6 Å². The molecule has 0 atom stereocenters. The van der Waals surface area contributed by atoms with Crippen molar-refractivity contribution < 1.29 is 4.79 Å². The zero-order chi connectivity index (χ0) is 16.1. The second-order valence-corrected chi connectivity index (χ2v) is 5.26. The molecule has 1 amide bonds. The molecule has 0 saturated heterocycles. The fourth-order valence-electron chi connectivity index (χ4n) is 1.69. The van der Waals surface area contributed by atoms with Crippen molar-refractivity contribution in [1.82, 2.24) is 26.1 Å². The molecule has 3 N–H and O–H groups in total. The van der Waals surface area contributed by atoms with Crippen molar-refractivity contribution in [2.75, 3.05) is 7.05 Å². The molecule has 0 bridgehead atoms. The average Bonchev–Trinajstić information content (AvgIpc) is 2.51. The fourth-order valence-corrected chi connectivity index (χ4v) is 2.20. The van der Waals surface area contributed by atoms with Gasteiger partial charge in [0.05, 0.1) is 5.56 Å². The van der Waals surface area contributed by atoms with E-state index in [1.54, 1.807) is 31.4 Å². The van der Waals surface area contributed by atoms with E-state index in [0.717, 1.165) is 0 Å². The Balaban J connectivity index is 2.34. The van der Waals surface area contributed by atoms with Crippen molar-refractivity contribution >= 4 is 46.4 Å². The summed E-state index contributed by atoms with van der Waals surface area (Å²) in [4.78, 5) is 20.2. The van der Waals surface area contributed by atoms with E-state index in [1.165, 1.54) is 6.20 Å². The van der Waals surface area contributed by atoms with Crippen LogP contribution in [0.4, 0.5) is 0 Å². The molecule has 2 heterocycles. The molecule has 0 spiro atoms. The largest absolute Gasteiger partial charge is 0.364 e. The Morgan fingerprint density at radius 1 is 1.23 bits per heavy atom. The van der Waals surface area contributed by atoms with Gasteiger partial charge in [-0.1, -0.05) is 23.2 Å². The Hall–Kier alpha value is -1.96. The molecule has 0 saturated carbocycles. The molecule has 0 unspecified atom stereocenters. The standard InChI is InChI=1S/C13H11Cl2N5OS/c1-16-13(22)20-19-12(21)8-2-3-17-6-9(8)7-4-10(14)18-11(15)5-7/h2-6H,1H3,(H,19,21)(H2,16,20,22). The van der Waals surface area contributed by atoms with Crippen LogP contribution in [0.5, 0.6) is 0 Å². The van der Waals surface area contributed by atoms with Gasteiger partial charge < -0.3 is 5.32 Å². The van der Waals surface area contributed by atoms with Gasteiger partial charge in [-0.05, 0) is 36.0 Å². The van der Waals surface area contributed by atoms with Crippen LogP contribution in [0, 0.1) is 0 Å². The number of rotatable bonds is 2. The number of carbonyl (C=O) groups is 1. The molecule has 0 aliphatic heterocycles. The van der Waals surface area contributed by atoms with Gasteiger partial charge in [0.1, 0.15) is 10.3 Å². The van der Waals surface area contributed by atoms with Crippen molar-refractivity contribution in [3.05, 3.63) is 46.5 Å². The number of pyridine rings is 2. The van der Waals surface area contributed by atoms with Gasteiger partial charge in [-0.15, -0.1) is 0 Å². The maximum Gasteiger partial charge on any atom is 0.270 e. The highest BCUT2D eigenvalue weighted by Crippen LogP contribution is 2.27. The Labute approximate surface area is 142 Å². The molecular weight excluding hydrogens is 345 g/mol. The number of halogens is 2. The predicted octanol–water partition coefficient (Wildman–Crippen LogP) is 2.19. The fraction of sp³-hybridized carbons (Fsp3) is 0.0769. The molecule has 9 heteroatoms. The highest BCUT2D eigenvalue weighted by molar-refractivity contribution is 7.80. The quantitative estimate of drug-likeness (QED) is 0.435. The summed E-state index contributed by atoms with van der Waals surface area (Å²) in [5.41, 5.74) is 6.65. The van der Waals surface area contributed by atoms with Crippen LogP contribution in [0.3, 0.4) is 0 Å². The van der Waals surface area contributed by atoms with Gasteiger partial charge in [-0.2, -0.15) is 0 Å². The zero-order valence-corrected chi connectivity index (χ0v) is 13.7. The lowest BCUT2D eigenvalue weighted by molar-refractivity contribution is 0.0944. The number of hydrogen-bond acceptors (Lipinski definition) is 4. The number of hydrazine groups is 1. The highest BCUT2D eigenvalue weighted by Gasteiger charge is 2.14. The lowest BCUT2D eigenvalue weighted by Crippen LogP contribution is -2.45. The molecule has 0 fully saturated rings. The van der Waals surface area contributed by atoms with Crippen molar-refractivity contribution in [1.29, 1.82) is 0 Å². The van der Waals surface area contributed by atoms with Crippen LogP contribution >= 0.6 is 35.4 Å². The molecule has 2 aromatic heterocycles. The highest BCUT2D eigenvalue weighted by atomic mass is 35.5. The van der Waals surface area contributed by atoms with Crippen LogP contribution in [0.25, 0.3) is 11.1 Å². The van der Waals surface area contributed by atoms with Crippen molar-refractivity contribution in [3.8, 4) is 11.1 Å². The summed E-state index contributed by atoms with van der Waals surface area (Å²) in [6.45, 7) is 0. The topological polar surface area (TPSA) is 78.9 Å². The molecule has 6 nitrogen and oxygen atoms in total. The minimum Gasteiger partial charge on any atom is -0.364 e. The van der Waals surface area contributed by atoms with Gasteiger partial charge in [0.25, 0.3) is 5.91 Å². The van der Waals surface area contributed by atoms with E-state index in [-0.39, 0.29) is 16.2 Å². The Morgan fingerprint density at radius 2 is 1.91 bits per heavy atom. The Morgan fingerprint density at radius 3 is 2.55 bits per heavy atom. The monoisotopic (exact) mass is 355 g/mol. The minimum absolute atomic E-state index is 0.229. The van der Waals surface area contributed by atoms with Crippen molar-refractivity contribution in [3.63, 3.8) is 0 Å². The summed E-state index contributed by atoms with van der Waals surface area (Å²) >= 11 is 16.7. The van der Waals surface area contributed by atoms with Crippen LogP contribution in [0.1, 0.15) is 10.4 Å². The molecule has 22 heavy (non-hydrogen) atoms. The third kappa shape index (κ3) is 4.03. The van der Waals surface area contributed by atoms with Crippen LogP contribution < -0.4 is 16.2 Å². The second kappa shape index (κ2) is 7.35. The van der Waals surface area contributed by atoms with Crippen molar-refractivity contribution in [2.45, 2.75) is 0 Å². The lowest BCUT2D eigenvalue weighted by atomic mass is 10.0. The number of carbonyl (C=O) groups excluding carboxylic acids is 1. The number of aromatic nitrogens is 2. The third-order valence-corrected chi connectivity index (χ3v) is 3.35. The van der Waals surface area contributed by atoms with Gasteiger partial charge in [0, 0.05) is 25.0 Å². The molecule has 0 aromatic carbocycles. The average molecular weight is 356 g/mol. The summed E-state index contributed by atoms with van der Waals surface area (Å²) in [5.74, 6) is -0.376. The van der Waals surface area contributed by atoms with Crippen LogP contribution in [-0.2, 0) is 0 Å². The number of nitrogens with one attached hydrogen (secondary N) is 3. The Kier molecular flexibility index (Phi) is 5.48. The van der Waals surface area contributed by atoms with Crippen molar-refractivity contribution in [2.24, 2.45) is 0 Å². The van der Waals surface area contributed by atoms with Gasteiger partial charge >= 0.3 is 0 Å². The molecule has 0 radical (unpaired) electrons. The summed E-state index contributed by atoms with van der Waals surface area (Å²) < 4.78 is 0. The molecular formula is C13H11Cl2N5OS. The lowest BCUT2D eigenvalue weighted by Gasteiger charge is -2.12. The first kappa shape index (κ1) is 16.4. The summed E-state index contributed by atoms with van der Waals surface area (Å²) in [7, 11) is 1.64. The smallest absolute Gasteiger partial charge is 0.270 e. The summed E-state index contributed by atoms with van der Waals surface area (Å²) in [6, 6.07) is 4.79. The van der Waals surface area contributed by atoms with E-state index in [1.807, 2.05) is 0 Å². The first-order chi connectivity index (χ1) is 10.5. The molecule has 2 aromatic rings.